The molecular formula is C6H4Cl2N2O2. The molecule has 0 aliphatic carbocycles. The zero-order valence-corrected chi connectivity index (χ0v) is 7.56. The summed E-state index contributed by atoms with van der Waals surface area (Å²) in [6.07, 6.45) is 1.19. The van der Waals surface area contributed by atoms with Gasteiger partial charge in [-0.15, -0.1) is 0 Å². The number of nitrogens with zero attached hydrogens (tertiary/aromatic N) is 2. The van der Waals surface area contributed by atoms with Crippen molar-refractivity contribution in [1.82, 2.24) is 9.97 Å². The highest BCUT2D eigenvalue weighted by Gasteiger charge is 2.09. The number of methoxy groups -OCH3 is 1. The van der Waals surface area contributed by atoms with Crippen LogP contribution in [-0.2, 0) is 4.74 Å². The summed E-state index contributed by atoms with van der Waals surface area (Å²) < 4.78 is 4.39. The fraction of sp³-hybridized carbons (Fsp3) is 0.167. The monoisotopic (exact) mass is 206 g/mol. The lowest BCUT2D eigenvalue weighted by Gasteiger charge is -1.98. The first-order chi connectivity index (χ1) is 5.65. The number of aromatic nitrogens is 2. The lowest BCUT2D eigenvalue weighted by Crippen LogP contribution is -2.05. The second-order valence-electron chi connectivity index (χ2n) is 1.83. The van der Waals surface area contributed by atoms with Gasteiger partial charge >= 0.3 is 5.97 Å². The van der Waals surface area contributed by atoms with E-state index in [2.05, 4.69) is 14.7 Å². The number of rotatable bonds is 1. The molecule has 0 aromatic carbocycles. The Morgan fingerprint density at radius 3 is 2.67 bits per heavy atom. The number of carbonyl (C=O) groups excluding carboxylic acids is 1. The molecule has 0 aliphatic heterocycles. The maximum absolute atomic E-state index is 10.9. The van der Waals surface area contributed by atoms with Crippen LogP contribution >= 0.6 is 23.2 Å². The van der Waals surface area contributed by atoms with Gasteiger partial charge in [0.15, 0.2) is 16.0 Å². The smallest absolute Gasteiger partial charge is 0.358 e. The molecule has 1 aromatic heterocycles. The van der Waals surface area contributed by atoms with Crippen LogP contribution in [0.1, 0.15) is 10.5 Å². The fourth-order valence-corrected chi connectivity index (χ4v) is 0.786. The van der Waals surface area contributed by atoms with Crippen LogP contribution in [0.15, 0.2) is 6.20 Å². The molecule has 1 aromatic rings. The van der Waals surface area contributed by atoms with Crippen LogP contribution in [0, 0.1) is 0 Å². The number of carbonyl (C=O) groups is 1. The molecule has 0 N–H and O–H groups in total. The molecule has 0 saturated carbocycles. The van der Waals surface area contributed by atoms with E-state index in [0.717, 1.165) is 0 Å². The minimum atomic E-state index is -0.596. The van der Waals surface area contributed by atoms with Crippen molar-refractivity contribution in [3.8, 4) is 0 Å². The zero-order valence-electron chi connectivity index (χ0n) is 6.04. The van der Waals surface area contributed by atoms with Crippen molar-refractivity contribution < 1.29 is 9.53 Å². The largest absolute Gasteiger partial charge is 0.464 e. The van der Waals surface area contributed by atoms with E-state index in [4.69, 9.17) is 23.2 Å². The van der Waals surface area contributed by atoms with Gasteiger partial charge in [-0.1, -0.05) is 23.2 Å². The Kier molecular flexibility index (Phi) is 2.83. The molecule has 1 heterocycles. The number of hydrogen-bond acceptors (Lipinski definition) is 4. The minimum absolute atomic E-state index is 0.0143. The lowest BCUT2D eigenvalue weighted by atomic mass is 10.5. The lowest BCUT2D eigenvalue weighted by molar-refractivity contribution is 0.0593. The number of hydrogen-bond donors (Lipinski definition) is 0. The van der Waals surface area contributed by atoms with Crippen molar-refractivity contribution in [1.29, 1.82) is 0 Å². The van der Waals surface area contributed by atoms with Crippen molar-refractivity contribution in [2.75, 3.05) is 7.11 Å². The van der Waals surface area contributed by atoms with Crippen LogP contribution in [0.2, 0.25) is 10.3 Å². The summed E-state index contributed by atoms with van der Waals surface area (Å²) in [6.45, 7) is 0. The topological polar surface area (TPSA) is 52.1 Å². The molecule has 4 nitrogen and oxygen atoms in total. The van der Waals surface area contributed by atoms with Gasteiger partial charge in [0.05, 0.1) is 13.3 Å². The molecule has 0 amide bonds. The van der Waals surface area contributed by atoms with Gasteiger partial charge in [0.1, 0.15) is 0 Å². The van der Waals surface area contributed by atoms with E-state index in [1.807, 2.05) is 0 Å². The van der Waals surface area contributed by atoms with Gasteiger partial charge in [-0.25, -0.2) is 14.8 Å². The van der Waals surface area contributed by atoms with Gasteiger partial charge in [0, 0.05) is 0 Å². The summed E-state index contributed by atoms with van der Waals surface area (Å²) in [4.78, 5) is 18.1. The van der Waals surface area contributed by atoms with Crippen LogP contribution < -0.4 is 0 Å². The van der Waals surface area contributed by atoms with Crippen LogP contribution in [-0.4, -0.2) is 23.0 Å². The van der Waals surface area contributed by atoms with Crippen LogP contribution in [0.3, 0.4) is 0 Å². The van der Waals surface area contributed by atoms with Crippen LogP contribution in [0.5, 0.6) is 0 Å². The molecule has 1 rings (SSSR count). The fourth-order valence-electron chi connectivity index (χ4n) is 0.555. The van der Waals surface area contributed by atoms with E-state index in [-0.39, 0.29) is 16.0 Å². The van der Waals surface area contributed by atoms with Crippen molar-refractivity contribution in [2.45, 2.75) is 0 Å². The summed E-state index contributed by atoms with van der Waals surface area (Å²) in [5.74, 6) is -0.596. The summed E-state index contributed by atoms with van der Waals surface area (Å²) in [7, 11) is 1.24. The molecule has 0 fully saturated rings. The normalized spacial score (nSPS) is 9.58. The molecule has 0 radical (unpaired) electrons. The van der Waals surface area contributed by atoms with Crippen LogP contribution in [0.4, 0.5) is 0 Å². The Bertz CT molecular complexity index is 316. The molecule has 0 unspecified atom stereocenters. The van der Waals surface area contributed by atoms with E-state index < -0.39 is 5.97 Å². The van der Waals surface area contributed by atoms with E-state index in [1.54, 1.807) is 0 Å². The first-order valence-electron chi connectivity index (χ1n) is 2.91. The quantitative estimate of drug-likeness (QED) is 0.655. The highest BCUT2D eigenvalue weighted by atomic mass is 35.5. The molecular weight excluding hydrogens is 203 g/mol. The minimum Gasteiger partial charge on any atom is -0.464 e. The van der Waals surface area contributed by atoms with Gasteiger partial charge in [0.2, 0.25) is 0 Å². The van der Waals surface area contributed by atoms with Gasteiger partial charge in [0.25, 0.3) is 0 Å². The SMILES string of the molecule is COC(=O)c1cnc(Cl)c(Cl)n1. The van der Waals surface area contributed by atoms with E-state index in [1.165, 1.54) is 13.3 Å². The number of esters is 1. The van der Waals surface area contributed by atoms with E-state index in [0.29, 0.717) is 0 Å². The summed E-state index contributed by atoms with van der Waals surface area (Å²) >= 11 is 11.0. The van der Waals surface area contributed by atoms with Crippen molar-refractivity contribution >= 4 is 29.2 Å². The molecule has 6 heteroatoms. The van der Waals surface area contributed by atoms with Gasteiger partial charge in [-0.05, 0) is 0 Å². The molecule has 0 bridgehead atoms. The average molecular weight is 207 g/mol. The second kappa shape index (κ2) is 3.69. The third kappa shape index (κ3) is 1.84. The molecule has 12 heavy (non-hydrogen) atoms. The predicted octanol–water partition coefficient (Wildman–Crippen LogP) is 1.57. The Morgan fingerprint density at radius 2 is 2.17 bits per heavy atom. The highest BCUT2D eigenvalue weighted by Crippen LogP contribution is 2.15. The molecule has 0 aliphatic rings. The maximum Gasteiger partial charge on any atom is 0.358 e. The molecule has 64 valence electrons. The van der Waals surface area contributed by atoms with Crippen molar-refractivity contribution in [3.05, 3.63) is 22.2 Å². The number of ether oxygens (including phenoxy) is 1. The molecule has 0 spiro atoms. The standard InChI is InChI=1S/C6H4Cl2N2O2/c1-12-6(11)3-2-9-4(7)5(8)10-3/h2H,1H3. The molecule has 0 saturated heterocycles. The first kappa shape index (κ1) is 9.22. The molecule has 0 atom stereocenters. The highest BCUT2D eigenvalue weighted by molar-refractivity contribution is 6.40. The zero-order chi connectivity index (χ0) is 9.14. The van der Waals surface area contributed by atoms with Gasteiger partial charge in [-0.3, -0.25) is 0 Å². The Hall–Kier alpha value is -0.870. The Balaban J connectivity index is 3.05. The Morgan fingerprint density at radius 1 is 1.50 bits per heavy atom. The van der Waals surface area contributed by atoms with Crippen LogP contribution in [0.25, 0.3) is 0 Å². The average Bonchev–Trinajstić information content (AvgIpc) is 2.08. The Labute approximate surface area is 78.5 Å². The predicted molar refractivity (Wildman–Crippen MR) is 43.4 cm³/mol. The summed E-state index contributed by atoms with van der Waals surface area (Å²) in [5, 5.41) is 0.0453. The summed E-state index contributed by atoms with van der Waals surface area (Å²) in [5.41, 5.74) is 0.0342. The van der Waals surface area contributed by atoms with E-state index in [9.17, 15) is 4.79 Å². The second-order valence-corrected chi connectivity index (χ2v) is 2.54. The van der Waals surface area contributed by atoms with Crippen molar-refractivity contribution in [2.24, 2.45) is 0 Å². The third-order valence-electron chi connectivity index (χ3n) is 1.08. The van der Waals surface area contributed by atoms with E-state index >= 15 is 0 Å². The summed E-state index contributed by atoms with van der Waals surface area (Å²) in [6, 6.07) is 0. The van der Waals surface area contributed by atoms with Gasteiger partial charge < -0.3 is 4.74 Å². The van der Waals surface area contributed by atoms with Crippen molar-refractivity contribution in [3.63, 3.8) is 0 Å². The first-order valence-corrected chi connectivity index (χ1v) is 3.67. The number of halogens is 2. The van der Waals surface area contributed by atoms with Gasteiger partial charge in [-0.2, -0.15) is 0 Å². The maximum atomic E-state index is 10.9. The third-order valence-corrected chi connectivity index (χ3v) is 1.72.